The van der Waals surface area contributed by atoms with Crippen molar-refractivity contribution in [1.29, 1.82) is 0 Å². The van der Waals surface area contributed by atoms with Crippen LogP contribution in [0.5, 0.6) is 11.5 Å². The third-order valence-electron chi connectivity index (χ3n) is 2.90. The van der Waals surface area contributed by atoms with Gasteiger partial charge in [-0.15, -0.1) is 0 Å². The number of benzene rings is 1. The number of hydrogen-bond donors (Lipinski definition) is 2. The van der Waals surface area contributed by atoms with Gasteiger partial charge in [-0.3, -0.25) is 0 Å². The van der Waals surface area contributed by atoms with Gasteiger partial charge in [0.1, 0.15) is 0 Å². The van der Waals surface area contributed by atoms with Gasteiger partial charge >= 0.3 is 0 Å². The lowest BCUT2D eigenvalue weighted by molar-refractivity contribution is 0.368. The Hall–Kier alpha value is -1.22. The highest BCUT2D eigenvalue weighted by Crippen LogP contribution is 2.37. The fraction of sp³-hybridized carbons (Fsp3) is 0.538. The Morgan fingerprint density at radius 3 is 2.38 bits per heavy atom. The average molecular weight is 223 g/mol. The van der Waals surface area contributed by atoms with Gasteiger partial charge in [-0.2, -0.15) is 0 Å². The molecule has 0 bridgehead atoms. The van der Waals surface area contributed by atoms with Gasteiger partial charge in [-0.1, -0.05) is 26.8 Å². The lowest BCUT2D eigenvalue weighted by Gasteiger charge is -2.17. The average Bonchev–Trinajstić information content (AvgIpc) is 2.28. The van der Waals surface area contributed by atoms with Crippen molar-refractivity contribution in [2.75, 3.05) is 13.7 Å². The Morgan fingerprint density at radius 1 is 1.31 bits per heavy atom. The van der Waals surface area contributed by atoms with Gasteiger partial charge in [0.05, 0.1) is 7.11 Å². The van der Waals surface area contributed by atoms with E-state index in [1.54, 1.807) is 7.11 Å². The fourth-order valence-electron chi connectivity index (χ4n) is 1.64. The first-order valence-electron chi connectivity index (χ1n) is 5.62. The van der Waals surface area contributed by atoms with Crippen molar-refractivity contribution >= 4 is 0 Å². The molecule has 1 aromatic rings. The summed E-state index contributed by atoms with van der Waals surface area (Å²) in [7, 11) is 1.57. The second kappa shape index (κ2) is 5.21. The van der Waals surface area contributed by atoms with Gasteiger partial charge in [-0.25, -0.2) is 0 Å². The second-order valence-electron chi connectivity index (χ2n) is 4.45. The normalized spacial score (nSPS) is 12.9. The standard InChI is InChI=1S/C13H21NO2/c1-8(2)10-5-11(9(3)7-14)13(15)12(6-10)16-4/h5-6,8-9,15H,7,14H2,1-4H3. The first-order valence-corrected chi connectivity index (χ1v) is 5.62. The molecule has 3 heteroatoms. The van der Waals surface area contributed by atoms with E-state index >= 15 is 0 Å². The Bertz CT molecular complexity index is 361. The van der Waals surface area contributed by atoms with Crippen LogP contribution in [0.25, 0.3) is 0 Å². The maximum absolute atomic E-state index is 10.0. The van der Waals surface area contributed by atoms with Gasteiger partial charge < -0.3 is 15.6 Å². The van der Waals surface area contributed by atoms with E-state index in [4.69, 9.17) is 10.5 Å². The monoisotopic (exact) mass is 223 g/mol. The zero-order chi connectivity index (χ0) is 12.3. The summed E-state index contributed by atoms with van der Waals surface area (Å²) in [5.41, 5.74) is 7.66. The molecular weight excluding hydrogens is 202 g/mol. The highest BCUT2D eigenvalue weighted by atomic mass is 16.5. The van der Waals surface area contributed by atoms with E-state index in [1.807, 2.05) is 19.1 Å². The molecule has 0 heterocycles. The van der Waals surface area contributed by atoms with E-state index < -0.39 is 0 Å². The number of phenols is 1. The van der Waals surface area contributed by atoms with Crippen LogP contribution in [0.3, 0.4) is 0 Å². The minimum absolute atomic E-state index is 0.132. The molecule has 0 radical (unpaired) electrons. The smallest absolute Gasteiger partial charge is 0.161 e. The van der Waals surface area contributed by atoms with E-state index in [9.17, 15) is 5.11 Å². The van der Waals surface area contributed by atoms with Crippen LogP contribution >= 0.6 is 0 Å². The van der Waals surface area contributed by atoms with Crippen LogP contribution in [0, 0.1) is 0 Å². The van der Waals surface area contributed by atoms with Gasteiger partial charge in [-0.05, 0) is 30.0 Å². The van der Waals surface area contributed by atoms with Crippen LogP contribution in [0.1, 0.15) is 43.7 Å². The molecule has 90 valence electrons. The zero-order valence-electron chi connectivity index (χ0n) is 10.4. The largest absolute Gasteiger partial charge is 0.504 e. The topological polar surface area (TPSA) is 55.5 Å². The number of nitrogens with two attached hydrogens (primary N) is 1. The van der Waals surface area contributed by atoms with Crippen molar-refractivity contribution in [3.63, 3.8) is 0 Å². The number of aromatic hydroxyl groups is 1. The predicted octanol–water partition coefficient (Wildman–Crippen LogP) is 2.59. The van der Waals surface area contributed by atoms with Crippen LogP contribution < -0.4 is 10.5 Å². The van der Waals surface area contributed by atoms with Crippen molar-refractivity contribution in [2.24, 2.45) is 5.73 Å². The number of rotatable bonds is 4. The summed E-state index contributed by atoms with van der Waals surface area (Å²) >= 11 is 0. The highest BCUT2D eigenvalue weighted by molar-refractivity contribution is 5.50. The van der Waals surface area contributed by atoms with E-state index in [-0.39, 0.29) is 11.7 Å². The zero-order valence-corrected chi connectivity index (χ0v) is 10.4. The maximum Gasteiger partial charge on any atom is 0.161 e. The SMILES string of the molecule is COc1cc(C(C)C)cc(C(C)CN)c1O. The van der Waals surface area contributed by atoms with Crippen molar-refractivity contribution in [2.45, 2.75) is 32.6 Å². The molecule has 16 heavy (non-hydrogen) atoms. The summed E-state index contributed by atoms with van der Waals surface area (Å²) in [6.07, 6.45) is 0. The lowest BCUT2D eigenvalue weighted by atomic mass is 9.93. The van der Waals surface area contributed by atoms with E-state index in [2.05, 4.69) is 13.8 Å². The first-order chi connectivity index (χ1) is 7.51. The molecule has 1 atom stereocenters. The second-order valence-corrected chi connectivity index (χ2v) is 4.45. The summed E-state index contributed by atoms with van der Waals surface area (Å²) in [4.78, 5) is 0. The summed E-state index contributed by atoms with van der Waals surface area (Å²) in [5, 5.41) is 10.0. The van der Waals surface area contributed by atoms with Gasteiger partial charge in [0.25, 0.3) is 0 Å². The van der Waals surface area contributed by atoms with E-state index in [0.717, 1.165) is 11.1 Å². The molecule has 0 aromatic heterocycles. The van der Waals surface area contributed by atoms with E-state index in [0.29, 0.717) is 18.2 Å². The third-order valence-corrected chi connectivity index (χ3v) is 2.90. The van der Waals surface area contributed by atoms with Crippen molar-refractivity contribution < 1.29 is 9.84 Å². The predicted molar refractivity (Wildman–Crippen MR) is 66.2 cm³/mol. The lowest BCUT2D eigenvalue weighted by Crippen LogP contribution is -2.10. The van der Waals surface area contributed by atoms with E-state index in [1.165, 1.54) is 0 Å². The fourth-order valence-corrected chi connectivity index (χ4v) is 1.64. The Kier molecular flexibility index (Phi) is 4.19. The molecule has 0 amide bonds. The summed E-state index contributed by atoms with van der Waals surface area (Å²) < 4.78 is 5.18. The molecular formula is C13H21NO2. The van der Waals surface area contributed by atoms with Crippen LogP contribution in [-0.4, -0.2) is 18.8 Å². The number of phenolic OH excluding ortho intramolecular Hbond substituents is 1. The molecule has 0 saturated carbocycles. The van der Waals surface area contributed by atoms with Gasteiger partial charge in [0, 0.05) is 5.56 Å². The van der Waals surface area contributed by atoms with Crippen molar-refractivity contribution in [3.05, 3.63) is 23.3 Å². The molecule has 0 aliphatic carbocycles. The molecule has 1 unspecified atom stereocenters. The van der Waals surface area contributed by atoms with Gasteiger partial charge in [0.2, 0.25) is 0 Å². The maximum atomic E-state index is 10.0. The van der Waals surface area contributed by atoms with Crippen LogP contribution in [0.4, 0.5) is 0 Å². The molecule has 1 aromatic carbocycles. The number of methoxy groups -OCH3 is 1. The number of hydrogen-bond acceptors (Lipinski definition) is 3. The summed E-state index contributed by atoms with van der Waals surface area (Å²) in [5.74, 6) is 1.28. The highest BCUT2D eigenvalue weighted by Gasteiger charge is 2.16. The molecule has 3 N–H and O–H groups in total. The molecule has 3 nitrogen and oxygen atoms in total. The molecule has 0 saturated heterocycles. The summed E-state index contributed by atoms with van der Waals surface area (Å²) in [6.45, 7) is 6.74. The molecule has 0 spiro atoms. The van der Waals surface area contributed by atoms with Crippen LogP contribution in [0.15, 0.2) is 12.1 Å². The Morgan fingerprint density at radius 2 is 1.94 bits per heavy atom. The van der Waals surface area contributed by atoms with Crippen LogP contribution in [0.2, 0.25) is 0 Å². The Labute approximate surface area is 97.2 Å². The Balaban J connectivity index is 3.29. The number of ether oxygens (including phenoxy) is 1. The molecule has 0 aliphatic rings. The van der Waals surface area contributed by atoms with Crippen molar-refractivity contribution in [1.82, 2.24) is 0 Å². The third kappa shape index (κ3) is 2.47. The minimum atomic E-state index is 0.132. The summed E-state index contributed by atoms with van der Waals surface area (Å²) in [6, 6.07) is 3.90. The van der Waals surface area contributed by atoms with Crippen LogP contribution in [-0.2, 0) is 0 Å². The van der Waals surface area contributed by atoms with Crippen molar-refractivity contribution in [3.8, 4) is 11.5 Å². The minimum Gasteiger partial charge on any atom is -0.504 e. The molecule has 1 rings (SSSR count). The quantitative estimate of drug-likeness (QED) is 0.825. The van der Waals surface area contributed by atoms with Gasteiger partial charge in [0.15, 0.2) is 11.5 Å². The first kappa shape index (κ1) is 12.8. The molecule has 0 aliphatic heterocycles. The molecule has 0 fully saturated rings.